The molecule has 0 spiro atoms. The molecule has 1 atom stereocenters. The van der Waals surface area contributed by atoms with Crippen molar-refractivity contribution in [3.63, 3.8) is 0 Å². The first-order valence-electron chi connectivity index (χ1n) is 8.92. The van der Waals surface area contributed by atoms with Gasteiger partial charge in [0, 0.05) is 12.6 Å². The Bertz CT molecular complexity index is 656. The van der Waals surface area contributed by atoms with E-state index in [4.69, 9.17) is 0 Å². The van der Waals surface area contributed by atoms with Crippen LogP contribution >= 0.6 is 12.4 Å². The molecule has 0 bridgehead atoms. The molecule has 0 saturated carbocycles. The predicted octanol–water partition coefficient (Wildman–Crippen LogP) is 2.18. The number of nitrogens with one attached hydrogen (secondary N) is 2. The van der Waals surface area contributed by atoms with Gasteiger partial charge in [-0.1, -0.05) is 12.1 Å². The molecule has 3 rings (SSSR count). The maximum Gasteiger partial charge on any atom is 0.387 e. The summed E-state index contributed by atoms with van der Waals surface area (Å²) < 4.78 is 29.6. The molecule has 2 amide bonds. The molecule has 2 aliphatic rings. The minimum atomic E-state index is -3.01. The third-order valence-electron chi connectivity index (χ3n) is 4.84. The van der Waals surface area contributed by atoms with Crippen LogP contribution in [0.2, 0.25) is 0 Å². The lowest BCUT2D eigenvalue weighted by Gasteiger charge is -2.29. The monoisotopic (exact) mass is 403 g/mol. The summed E-state index contributed by atoms with van der Waals surface area (Å²) in [6.07, 6.45) is 2.99. The van der Waals surface area contributed by atoms with Crippen molar-refractivity contribution < 1.29 is 23.1 Å². The number of amides is 2. The average Bonchev–Trinajstić information content (AvgIpc) is 3.12. The van der Waals surface area contributed by atoms with Gasteiger partial charge in [-0.05, 0) is 50.9 Å². The Balaban J connectivity index is 0.00000261. The molecule has 1 aromatic carbocycles. The number of likely N-dealkylation sites (tertiary alicyclic amines) is 1. The average molecular weight is 404 g/mol. The van der Waals surface area contributed by atoms with Crippen molar-refractivity contribution in [3.8, 4) is 5.75 Å². The van der Waals surface area contributed by atoms with Gasteiger partial charge < -0.3 is 20.3 Å². The van der Waals surface area contributed by atoms with Crippen LogP contribution in [0.4, 0.5) is 8.78 Å². The zero-order chi connectivity index (χ0) is 18.5. The van der Waals surface area contributed by atoms with Gasteiger partial charge in [0.25, 0.3) is 5.91 Å². The normalized spacial score (nSPS) is 20.3. The van der Waals surface area contributed by atoms with Crippen molar-refractivity contribution in [2.45, 2.75) is 44.4 Å². The quantitative estimate of drug-likeness (QED) is 0.790. The summed E-state index contributed by atoms with van der Waals surface area (Å²) in [7, 11) is 0. The molecular weight excluding hydrogens is 380 g/mol. The highest BCUT2D eigenvalue weighted by atomic mass is 35.5. The molecule has 2 heterocycles. The van der Waals surface area contributed by atoms with Crippen molar-refractivity contribution >= 4 is 24.2 Å². The second-order valence-corrected chi connectivity index (χ2v) is 6.56. The van der Waals surface area contributed by atoms with E-state index in [1.807, 2.05) is 0 Å². The fourth-order valence-corrected chi connectivity index (χ4v) is 3.54. The van der Waals surface area contributed by atoms with Gasteiger partial charge in [0.05, 0.1) is 5.56 Å². The van der Waals surface area contributed by atoms with Gasteiger partial charge in [-0.25, -0.2) is 0 Å². The Morgan fingerprint density at radius 1 is 1.19 bits per heavy atom. The summed E-state index contributed by atoms with van der Waals surface area (Å²) in [6, 6.07) is 5.43. The van der Waals surface area contributed by atoms with Gasteiger partial charge >= 0.3 is 6.61 Å². The second-order valence-electron chi connectivity index (χ2n) is 6.56. The van der Waals surface area contributed by atoms with Crippen LogP contribution in [0.5, 0.6) is 5.75 Å². The SMILES string of the molecule is Cl.O=C(NC1CCNCC1)C1CCCN1C(=O)c1ccccc1OC(F)F. The summed E-state index contributed by atoms with van der Waals surface area (Å²) in [5.74, 6) is -0.795. The lowest BCUT2D eigenvalue weighted by molar-refractivity contribution is -0.125. The molecule has 2 N–H and O–H groups in total. The van der Waals surface area contributed by atoms with E-state index in [0.717, 1.165) is 25.9 Å². The number of hydrogen-bond acceptors (Lipinski definition) is 4. The highest BCUT2D eigenvalue weighted by molar-refractivity contribution is 6.00. The number of carbonyl (C=O) groups is 2. The van der Waals surface area contributed by atoms with Crippen LogP contribution in [-0.4, -0.2) is 55.0 Å². The molecule has 1 unspecified atom stereocenters. The van der Waals surface area contributed by atoms with Crippen molar-refractivity contribution in [2.24, 2.45) is 0 Å². The molecule has 0 radical (unpaired) electrons. The molecule has 0 aliphatic carbocycles. The number of ether oxygens (including phenoxy) is 1. The number of nitrogens with zero attached hydrogens (tertiary/aromatic N) is 1. The summed E-state index contributed by atoms with van der Waals surface area (Å²) in [5.41, 5.74) is 0.0503. The van der Waals surface area contributed by atoms with E-state index in [9.17, 15) is 18.4 Å². The first-order valence-corrected chi connectivity index (χ1v) is 8.92. The second kappa shape index (κ2) is 9.85. The molecule has 2 fully saturated rings. The van der Waals surface area contributed by atoms with Crippen molar-refractivity contribution in [2.75, 3.05) is 19.6 Å². The Kier molecular flexibility index (Phi) is 7.79. The van der Waals surface area contributed by atoms with Crippen LogP contribution in [0.25, 0.3) is 0 Å². The number of benzene rings is 1. The molecule has 1 aromatic rings. The van der Waals surface area contributed by atoms with Gasteiger partial charge in [-0.15, -0.1) is 12.4 Å². The zero-order valence-electron chi connectivity index (χ0n) is 14.8. The predicted molar refractivity (Wildman–Crippen MR) is 98.4 cm³/mol. The minimum absolute atomic E-state index is 0. The van der Waals surface area contributed by atoms with Gasteiger partial charge in [0.1, 0.15) is 11.8 Å². The molecule has 2 aliphatic heterocycles. The van der Waals surface area contributed by atoms with E-state index in [-0.39, 0.29) is 35.7 Å². The minimum Gasteiger partial charge on any atom is -0.434 e. The lowest BCUT2D eigenvalue weighted by atomic mass is 10.1. The Morgan fingerprint density at radius 3 is 2.59 bits per heavy atom. The Hall–Kier alpha value is -1.93. The van der Waals surface area contributed by atoms with E-state index in [1.165, 1.54) is 23.1 Å². The largest absolute Gasteiger partial charge is 0.434 e. The highest BCUT2D eigenvalue weighted by Gasteiger charge is 2.36. The van der Waals surface area contributed by atoms with Crippen LogP contribution < -0.4 is 15.4 Å². The molecule has 27 heavy (non-hydrogen) atoms. The van der Waals surface area contributed by atoms with E-state index >= 15 is 0 Å². The van der Waals surface area contributed by atoms with Crippen LogP contribution in [0, 0.1) is 0 Å². The third kappa shape index (κ3) is 5.29. The third-order valence-corrected chi connectivity index (χ3v) is 4.84. The number of piperidine rings is 1. The molecule has 6 nitrogen and oxygen atoms in total. The Labute approximate surface area is 163 Å². The summed E-state index contributed by atoms with van der Waals surface area (Å²) >= 11 is 0. The smallest absolute Gasteiger partial charge is 0.387 e. The molecule has 9 heteroatoms. The van der Waals surface area contributed by atoms with Gasteiger partial charge in [0.15, 0.2) is 0 Å². The maximum atomic E-state index is 12.9. The number of carbonyl (C=O) groups excluding carboxylic acids is 2. The molecule has 150 valence electrons. The van der Waals surface area contributed by atoms with E-state index in [1.54, 1.807) is 6.07 Å². The van der Waals surface area contributed by atoms with Crippen molar-refractivity contribution in [1.29, 1.82) is 0 Å². The fourth-order valence-electron chi connectivity index (χ4n) is 3.54. The number of hydrogen-bond donors (Lipinski definition) is 2. The van der Waals surface area contributed by atoms with Crippen molar-refractivity contribution in [1.82, 2.24) is 15.5 Å². The molecule has 2 saturated heterocycles. The van der Waals surface area contributed by atoms with E-state index < -0.39 is 18.6 Å². The highest BCUT2D eigenvalue weighted by Crippen LogP contribution is 2.26. The lowest BCUT2D eigenvalue weighted by Crippen LogP contribution is -2.51. The first kappa shape index (κ1) is 21.4. The van der Waals surface area contributed by atoms with Crippen LogP contribution in [0.1, 0.15) is 36.0 Å². The van der Waals surface area contributed by atoms with Gasteiger partial charge in [-0.3, -0.25) is 9.59 Å². The number of para-hydroxylation sites is 1. The standard InChI is InChI=1S/C18H23F2N3O3.ClH/c19-18(20)26-15-6-2-1-4-13(15)17(25)23-11-3-5-14(23)16(24)22-12-7-9-21-10-8-12;/h1-2,4,6,12,14,18,21H,3,5,7-11H2,(H,22,24);1H. The van der Waals surface area contributed by atoms with Crippen LogP contribution in [0.15, 0.2) is 24.3 Å². The van der Waals surface area contributed by atoms with Crippen LogP contribution in [0.3, 0.4) is 0 Å². The number of rotatable bonds is 5. The van der Waals surface area contributed by atoms with Gasteiger partial charge in [0.2, 0.25) is 5.91 Å². The molecular formula is C18H24ClF2N3O3. The van der Waals surface area contributed by atoms with Crippen molar-refractivity contribution in [3.05, 3.63) is 29.8 Å². The summed E-state index contributed by atoms with van der Waals surface area (Å²) in [6.45, 7) is -0.874. The first-order chi connectivity index (χ1) is 12.6. The summed E-state index contributed by atoms with van der Waals surface area (Å²) in [5, 5.41) is 6.26. The number of alkyl halides is 2. The maximum absolute atomic E-state index is 12.9. The summed E-state index contributed by atoms with van der Waals surface area (Å²) in [4.78, 5) is 27.0. The zero-order valence-corrected chi connectivity index (χ0v) is 15.6. The van der Waals surface area contributed by atoms with Gasteiger partial charge in [-0.2, -0.15) is 8.78 Å². The topological polar surface area (TPSA) is 70.7 Å². The Morgan fingerprint density at radius 2 is 1.89 bits per heavy atom. The van der Waals surface area contributed by atoms with Crippen LogP contribution in [-0.2, 0) is 4.79 Å². The number of halogens is 3. The van der Waals surface area contributed by atoms with E-state index in [2.05, 4.69) is 15.4 Å². The van der Waals surface area contributed by atoms with E-state index in [0.29, 0.717) is 19.4 Å². The fraction of sp³-hybridized carbons (Fsp3) is 0.556. The molecule has 0 aromatic heterocycles.